The first-order valence-corrected chi connectivity index (χ1v) is 6.46. The molecule has 0 aliphatic heterocycles. The van der Waals surface area contributed by atoms with Crippen LogP contribution in [-0.2, 0) is 11.8 Å². The molecule has 20 heavy (non-hydrogen) atoms. The number of aromatic nitrogens is 4. The van der Waals surface area contributed by atoms with E-state index in [0.29, 0.717) is 10.7 Å². The molecule has 0 amide bonds. The highest BCUT2D eigenvalue weighted by molar-refractivity contribution is 6.32. The van der Waals surface area contributed by atoms with Crippen LogP contribution in [0.5, 0.6) is 0 Å². The Morgan fingerprint density at radius 2 is 2.10 bits per heavy atom. The molecule has 0 saturated heterocycles. The Kier molecular flexibility index (Phi) is 4.04. The van der Waals surface area contributed by atoms with E-state index in [1.165, 1.54) is 13.3 Å². The number of ether oxygens (including phenoxy) is 1. The number of aryl methyl sites for hydroxylation is 1. The van der Waals surface area contributed by atoms with Crippen LogP contribution < -0.4 is 0 Å². The second-order valence-electron chi connectivity index (χ2n) is 4.61. The SMILES string of the molecule is COC(=O)c1ncc(Cl)c(-c2c(C(C)C)cnn2C)n1. The third-order valence-electron chi connectivity index (χ3n) is 2.93. The van der Waals surface area contributed by atoms with Crippen molar-refractivity contribution in [3.8, 4) is 11.4 Å². The highest BCUT2D eigenvalue weighted by atomic mass is 35.5. The smallest absolute Gasteiger partial charge is 0.376 e. The second-order valence-corrected chi connectivity index (χ2v) is 5.02. The number of rotatable bonds is 3. The first-order valence-electron chi connectivity index (χ1n) is 6.08. The van der Waals surface area contributed by atoms with Crippen molar-refractivity contribution >= 4 is 17.6 Å². The summed E-state index contributed by atoms with van der Waals surface area (Å²) in [7, 11) is 3.08. The van der Waals surface area contributed by atoms with Gasteiger partial charge in [-0.05, 0) is 5.92 Å². The van der Waals surface area contributed by atoms with Gasteiger partial charge in [0.05, 0.1) is 30.2 Å². The van der Waals surface area contributed by atoms with Crippen molar-refractivity contribution in [1.29, 1.82) is 0 Å². The second kappa shape index (κ2) is 5.58. The highest BCUT2D eigenvalue weighted by Gasteiger charge is 2.20. The van der Waals surface area contributed by atoms with Crippen molar-refractivity contribution < 1.29 is 9.53 Å². The first kappa shape index (κ1) is 14.5. The van der Waals surface area contributed by atoms with Crippen LogP contribution >= 0.6 is 11.6 Å². The van der Waals surface area contributed by atoms with Crippen molar-refractivity contribution in [2.24, 2.45) is 7.05 Å². The number of nitrogens with zero attached hydrogens (tertiary/aromatic N) is 4. The number of carbonyl (C=O) groups excluding carboxylic acids is 1. The molecule has 2 rings (SSSR count). The molecule has 0 radical (unpaired) electrons. The van der Waals surface area contributed by atoms with Crippen LogP contribution in [0.4, 0.5) is 0 Å². The summed E-state index contributed by atoms with van der Waals surface area (Å²) in [6.45, 7) is 4.10. The summed E-state index contributed by atoms with van der Waals surface area (Å²) in [6.07, 6.45) is 3.17. The molecule has 0 aromatic carbocycles. The van der Waals surface area contributed by atoms with Crippen molar-refractivity contribution in [3.05, 3.63) is 28.8 Å². The minimum atomic E-state index is -0.601. The maximum absolute atomic E-state index is 11.5. The Labute approximate surface area is 121 Å². The molecule has 0 bridgehead atoms. The zero-order valence-electron chi connectivity index (χ0n) is 11.7. The third-order valence-corrected chi connectivity index (χ3v) is 3.20. The number of hydrogen-bond donors (Lipinski definition) is 0. The average molecular weight is 295 g/mol. The van der Waals surface area contributed by atoms with Crippen molar-refractivity contribution in [2.45, 2.75) is 19.8 Å². The summed E-state index contributed by atoms with van der Waals surface area (Å²) in [5.74, 6) is -0.370. The highest BCUT2D eigenvalue weighted by Crippen LogP contribution is 2.31. The molecule has 0 aliphatic carbocycles. The number of methoxy groups -OCH3 is 1. The predicted octanol–water partition coefficient (Wildman–Crippen LogP) is 2.44. The van der Waals surface area contributed by atoms with Crippen LogP contribution in [-0.4, -0.2) is 32.8 Å². The fourth-order valence-electron chi connectivity index (χ4n) is 1.89. The van der Waals surface area contributed by atoms with E-state index in [-0.39, 0.29) is 11.7 Å². The molecule has 2 aromatic heterocycles. The van der Waals surface area contributed by atoms with E-state index in [9.17, 15) is 4.79 Å². The van der Waals surface area contributed by atoms with E-state index < -0.39 is 5.97 Å². The number of esters is 1. The fraction of sp³-hybridized carbons (Fsp3) is 0.385. The van der Waals surface area contributed by atoms with E-state index in [4.69, 9.17) is 11.6 Å². The van der Waals surface area contributed by atoms with E-state index in [0.717, 1.165) is 11.3 Å². The lowest BCUT2D eigenvalue weighted by atomic mass is 10.0. The quantitative estimate of drug-likeness (QED) is 0.813. The first-order chi connectivity index (χ1) is 9.45. The van der Waals surface area contributed by atoms with Crippen LogP contribution in [0.3, 0.4) is 0 Å². The maximum atomic E-state index is 11.5. The number of carbonyl (C=O) groups is 1. The Morgan fingerprint density at radius 1 is 1.40 bits per heavy atom. The molecular weight excluding hydrogens is 280 g/mol. The summed E-state index contributed by atoms with van der Waals surface area (Å²) in [6, 6.07) is 0. The number of hydrogen-bond acceptors (Lipinski definition) is 5. The van der Waals surface area contributed by atoms with Gasteiger partial charge in [0.2, 0.25) is 5.82 Å². The maximum Gasteiger partial charge on any atom is 0.376 e. The van der Waals surface area contributed by atoms with Gasteiger partial charge < -0.3 is 4.74 Å². The van der Waals surface area contributed by atoms with Gasteiger partial charge in [-0.15, -0.1) is 0 Å². The van der Waals surface area contributed by atoms with Crippen LogP contribution in [0, 0.1) is 0 Å². The van der Waals surface area contributed by atoms with Crippen molar-refractivity contribution in [1.82, 2.24) is 19.7 Å². The minimum absolute atomic E-state index is 0.0252. The molecule has 106 valence electrons. The van der Waals surface area contributed by atoms with Crippen LogP contribution in [0.1, 0.15) is 35.9 Å². The summed E-state index contributed by atoms with van der Waals surface area (Å²) in [4.78, 5) is 19.6. The largest absolute Gasteiger partial charge is 0.463 e. The fourth-order valence-corrected chi connectivity index (χ4v) is 2.07. The van der Waals surface area contributed by atoms with E-state index in [1.54, 1.807) is 17.9 Å². The Balaban J connectivity index is 2.63. The van der Waals surface area contributed by atoms with Gasteiger partial charge >= 0.3 is 5.97 Å². The molecule has 6 nitrogen and oxygen atoms in total. The van der Waals surface area contributed by atoms with Crippen molar-refractivity contribution in [2.75, 3.05) is 7.11 Å². The summed E-state index contributed by atoms with van der Waals surface area (Å²) < 4.78 is 6.31. The Bertz CT molecular complexity index is 652. The molecule has 0 spiro atoms. The van der Waals surface area contributed by atoms with E-state index in [1.807, 2.05) is 0 Å². The van der Waals surface area contributed by atoms with Crippen LogP contribution in [0.25, 0.3) is 11.4 Å². The van der Waals surface area contributed by atoms with Gasteiger partial charge in [0.15, 0.2) is 0 Å². The summed E-state index contributed by atoms with van der Waals surface area (Å²) in [5, 5.41) is 4.60. The summed E-state index contributed by atoms with van der Waals surface area (Å²) in [5.41, 5.74) is 2.26. The van der Waals surface area contributed by atoms with Gasteiger partial charge in [-0.2, -0.15) is 5.10 Å². The number of halogens is 1. The molecule has 0 fully saturated rings. The molecule has 2 heterocycles. The molecule has 0 atom stereocenters. The lowest BCUT2D eigenvalue weighted by Crippen LogP contribution is -2.09. The standard InChI is InChI=1S/C13H15ClN4O2/c1-7(2)8-5-16-18(3)11(8)10-9(14)6-15-12(17-10)13(19)20-4/h5-7H,1-4H3. The van der Waals surface area contributed by atoms with Gasteiger partial charge in [0.1, 0.15) is 5.69 Å². The molecule has 0 N–H and O–H groups in total. The molecule has 0 unspecified atom stereocenters. The van der Waals surface area contributed by atoms with E-state index in [2.05, 4.69) is 33.7 Å². The molecule has 2 aromatic rings. The third kappa shape index (κ3) is 2.51. The minimum Gasteiger partial charge on any atom is -0.463 e. The topological polar surface area (TPSA) is 69.9 Å². The van der Waals surface area contributed by atoms with Crippen LogP contribution in [0.15, 0.2) is 12.4 Å². The molecule has 0 saturated carbocycles. The van der Waals surface area contributed by atoms with Gasteiger partial charge in [-0.3, -0.25) is 4.68 Å². The van der Waals surface area contributed by atoms with Gasteiger partial charge in [0.25, 0.3) is 0 Å². The summed E-state index contributed by atoms with van der Waals surface area (Å²) >= 11 is 6.17. The van der Waals surface area contributed by atoms with E-state index >= 15 is 0 Å². The lowest BCUT2D eigenvalue weighted by Gasteiger charge is -2.10. The average Bonchev–Trinajstić information content (AvgIpc) is 2.80. The monoisotopic (exact) mass is 294 g/mol. The zero-order chi connectivity index (χ0) is 14.9. The van der Waals surface area contributed by atoms with Crippen LogP contribution in [0.2, 0.25) is 5.02 Å². The Hall–Kier alpha value is -1.95. The normalized spacial score (nSPS) is 10.9. The Morgan fingerprint density at radius 3 is 2.70 bits per heavy atom. The molecular formula is C13H15ClN4O2. The van der Waals surface area contributed by atoms with Gasteiger partial charge in [-0.25, -0.2) is 14.8 Å². The lowest BCUT2D eigenvalue weighted by molar-refractivity contribution is 0.0587. The zero-order valence-corrected chi connectivity index (χ0v) is 12.5. The molecule has 0 aliphatic rings. The predicted molar refractivity (Wildman–Crippen MR) is 74.7 cm³/mol. The van der Waals surface area contributed by atoms with Gasteiger partial charge in [0, 0.05) is 12.6 Å². The van der Waals surface area contributed by atoms with Crippen molar-refractivity contribution in [3.63, 3.8) is 0 Å². The van der Waals surface area contributed by atoms with Gasteiger partial charge in [-0.1, -0.05) is 25.4 Å². The molecule has 7 heteroatoms.